The summed E-state index contributed by atoms with van der Waals surface area (Å²) in [7, 11) is -4.08. The van der Waals surface area contributed by atoms with Crippen LogP contribution in [0.1, 0.15) is 46.6 Å². The standard InChI is InChI=1S/C25H30FNO6S/c1-16(12-17(2)28)23-15-27(34(30,31)20-9-7-19(26)8-10-20)21-13-18(6-11-22(21)32-23)14-24(29)33-25(3,4)5/h6-11,13,16,23H,12,14-15H2,1-5H3/t16-,23+/m0/s1. The lowest BCUT2D eigenvalue weighted by atomic mass is 9.97. The molecule has 0 aliphatic carbocycles. The average Bonchev–Trinajstić information content (AvgIpc) is 2.71. The van der Waals surface area contributed by atoms with Crippen molar-refractivity contribution in [2.75, 3.05) is 10.8 Å². The maximum absolute atomic E-state index is 13.6. The smallest absolute Gasteiger partial charge is 0.310 e. The number of rotatable bonds is 7. The van der Waals surface area contributed by atoms with Gasteiger partial charge in [-0.1, -0.05) is 13.0 Å². The number of nitrogens with zero attached hydrogens (tertiary/aromatic N) is 1. The highest BCUT2D eigenvalue weighted by atomic mass is 32.2. The molecule has 0 aromatic heterocycles. The van der Waals surface area contributed by atoms with E-state index < -0.39 is 33.5 Å². The lowest BCUT2D eigenvalue weighted by molar-refractivity contribution is -0.153. The summed E-state index contributed by atoms with van der Waals surface area (Å²) in [4.78, 5) is 23.9. The molecule has 1 heterocycles. The van der Waals surface area contributed by atoms with E-state index in [4.69, 9.17) is 9.47 Å². The van der Waals surface area contributed by atoms with Crippen molar-refractivity contribution in [1.29, 1.82) is 0 Å². The van der Waals surface area contributed by atoms with E-state index in [1.54, 1.807) is 39.0 Å². The molecule has 1 aliphatic heterocycles. The highest BCUT2D eigenvalue weighted by Gasteiger charge is 2.37. The summed E-state index contributed by atoms with van der Waals surface area (Å²) >= 11 is 0. The Hall–Kier alpha value is -2.94. The Morgan fingerprint density at radius 3 is 2.41 bits per heavy atom. The van der Waals surface area contributed by atoms with Crippen LogP contribution in [0.4, 0.5) is 10.1 Å². The van der Waals surface area contributed by atoms with Gasteiger partial charge in [-0.2, -0.15) is 0 Å². The number of anilines is 1. The number of halogens is 1. The third-order valence-corrected chi connectivity index (χ3v) is 7.12. The molecule has 0 radical (unpaired) electrons. The van der Waals surface area contributed by atoms with Gasteiger partial charge in [0.2, 0.25) is 0 Å². The van der Waals surface area contributed by atoms with Crippen molar-refractivity contribution in [3.8, 4) is 5.75 Å². The molecule has 184 valence electrons. The second kappa shape index (κ2) is 9.74. The number of benzene rings is 2. The summed E-state index contributed by atoms with van der Waals surface area (Å²) in [5, 5.41) is 0. The molecule has 3 rings (SSSR count). The van der Waals surface area contributed by atoms with Gasteiger partial charge in [0.15, 0.2) is 0 Å². The Morgan fingerprint density at radius 2 is 1.82 bits per heavy atom. The van der Waals surface area contributed by atoms with Crippen molar-refractivity contribution >= 4 is 27.5 Å². The maximum Gasteiger partial charge on any atom is 0.310 e. The normalized spacial score (nSPS) is 16.9. The van der Waals surface area contributed by atoms with Gasteiger partial charge in [-0.25, -0.2) is 12.8 Å². The highest BCUT2D eigenvalue weighted by molar-refractivity contribution is 7.92. The average molecular weight is 492 g/mol. The van der Waals surface area contributed by atoms with E-state index in [0.717, 1.165) is 12.1 Å². The monoisotopic (exact) mass is 491 g/mol. The first-order chi connectivity index (χ1) is 15.8. The Labute approximate surface area is 199 Å². The van der Waals surface area contributed by atoms with Gasteiger partial charge in [-0.15, -0.1) is 0 Å². The number of ketones is 1. The molecule has 2 aromatic carbocycles. The summed E-state index contributed by atoms with van der Waals surface area (Å²) < 4.78 is 53.2. The second-order valence-electron chi connectivity index (χ2n) is 9.60. The van der Waals surface area contributed by atoms with Crippen molar-refractivity contribution in [3.63, 3.8) is 0 Å². The minimum absolute atomic E-state index is 0.0254. The molecule has 0 unspecified atom stereocenters. The minimum atomic E-state index is -4.08. The third kappa shape index (κ3) is 6.14. The summed E-state index contributed by atoms with van der Waals surface area (Å²) in [6.45, 7) is 8.58. The molecule has 2 aromatic rings. The molecule has 34 heavy (non-hydrogen) atoms. The molecule has 0 saturated heterocycles. The lowest BCUT2D eigenvalue weighted by Crippen LogP contribution is -2.46. The zero-order valence-corrected chi connectivity index (χ0v) is 20.8. The number of carbonyl (C=O) groups excluding carboxylic acids is 2. The number of Topliss-reactive ketones (excluding diaryl/α,β-unsaturated/α-hetero) is 1. The van der Waals surface area contributed by atoms with Gasteiger partial charge >= 0.3 is 5.97 Å². The maximum atomic E-state index is 13.6. The van der Waals surface area contributed by atoms with Gasteiger partial charge in [0.25, 0.3) is 10.0 Å². The summed E-state index contributed by atoms with van der Waals surface area (Å²) in [5.41, 5.74) is 0.190. The van der Waals surface area contributed by atoms with Crippen LogP contribution in [0.25, 0.3) is 0 Å². The van der Waals surface area contributed by atoms with Crippen LogP contribution in [-0.2, 0) is 30.8 Å². The Balaban J connectivity index is 2.01. The van der Waals surface area contributed by atoms with E-state index in [2.05, 4.69) is 0 Å². The van der Waals surface area contributed by atoms with Crippen LogP contribution in [0.5, 0.6) is 5.75 Å². The second-order valence-corrected chi connectivity index (χ2v) is 11.5. The molecule has 0 amide bonds. The number of fused-ring (bicyclic) bond motifs is 1. The molecule has 0 saturated carbocycles. The van der Waals surface area contributed by atoms with Crippen LogP contribution < -0.4 is 9.04 Å². The van der Waals surface area contributed by atoms with Crippen molar-refractivity contribution in [1.82, 2.24) is 0 Å². The molecule has 1 aliphatic rings. The van der Waals surface area contributed by atoms with E-state index in [9.17, 15) is 22.4 Å². The minimum Gasteiger partial charge on any atom is -0.486 e. The topological polar surface area (TPSA) is 90.0 Å². The van der Waals surface area contributed by atoms with Crippen molar-refractivity contribution in [2.24, 2.45) is 5.92 Å². The summed E-state index contributed by atoms with van der Waals surface area (Å²) in [6.07, 6.45) is -0.372. The highest BCUT2D eigenvalue weighted by Crippen LogP contribution is 2.39. The Kier molecular flexibility index (Phi) is 7.35. The molecule has 0 N–H and O–H groups in total. The van der Waals surface area contributed by atoms with Gasteiger partial charge in [-0.3, -0.25) is 9.10 Å². The molecule has 7 nitrogen and oxygen atoms in total. The zero-order chi connectivity index (χ0) is 25.3. The Bertz CT molecular complexity index is 1170. The van der Waals surface area contributed by atoms with E-state index in [1.807, 2.05) is 6.92 Å². The number of hydrogen-bond acceptors (Lipinski definition) is 6. The van der Waals surface area contributed by atoms with E-state index in [1.165, 1.54) is 23.4 Å². The number of esters is 1. The molecular weight excluding hydrogens is 461 g/mol. The summed E-state index contributed by atoms with van der Waals surface area (Å²) in [6, 6.07) is 9.48. The Morgan fingerprint density at radius 1 is 1.18 bits per heavy atom. The number of hydrogen-bond donors (Lipinski definition) is 0. The van der Waals surface area contributed by atoms with Crippen molar-refractivity contribution in [3.05, 3.63) is 53.8 Å². The fraction of sp³-hybridized carbons (Fsp3) is 0.440. The van der Waals surface area contributed by atoms with Crippen LogP contribution in [0.3, 0.4) is 0 Å². The third-order valence-electron chi connectivity index (χ3n) is 5.33. The number of ether oxygens (including phenoxy) is 2. The van der Waals surface area contributed by atoms with Crippen LogP contribution in [-0.4, -0.2) is 38.4 Å². The largest absolute Gasteiger partial charge is 0.486 e. The van der Waals surface area contributed by atoms with Crippen LogP contribution in [0.15, 0.2) is 47.4 Å². The van der Waals surface area contributed by atoms with Crippen LogP contribution in [0, 0.1) is 11.7 Å². The van der Waals surface area contributed by atoms with E-state index >= 15 is 0 Å². The predicted molar refractivity (Wildman–Crippen MR) is 126 cm³/mol. The van der Waals surface area contributed by atoms with Crippen molar-refractivity contribution < 1.29 is 31.9 Å². The van der Waals surface area contributed by atoms with E-state index in [0.29, 0.717) is 11.3 Å². The van der Waals surface area contributed by atoms with Crippen LogP contribution >= 0.6 is 0 Å². The van der Waals surface area contributed by atoms with Gasteiger partial charge in [0, 0.05) is 12.3 Å². The summed E-state index contributed by atoms with van der Waals surface area (Å²) in [5.74, 6) is -0.926. The molecule has 0 spiro atoms. The predicted octanol–water partition coefficient (Wildman–Crippen LogP) is 4.28. The van der Waals surface area contributed by atoms with Gasteiger partial charge < -0.3 is 14.3 Å². The first-order valence-corrected chi connectivity index (χ1v) is 12.5. The van der Waals surface area contributed by atoms with Gasteiger partial charge in [0.05, 0.1) is 23.5 Å². The number of sulfonamides is 1. The van der Waals surface area contributed by atoms with Crippen LogP contribution in [0.2, 0.25) is 0 Å². The molecule has 0 bridgehead atoms. The lowest BCUT2D eigenvalue weighted by Gasteiger charge is -2.38. The molecule has 0 fully saturated rings. The van der Waals surface area contributed by atoms with Gasteiger partial charge in [-0.05, 0) is 69.7 Å². The van der Waals surface area contributed by atoms with E-state index in [-0.39, 0.29) is 41.7 Å². The first-order valence-electron chi connectivity index (χ1n) is 11.1. The molecule has 9 heteroatoms. The zero-order valence-electron chi connectivity index (χ0n) is 20.0. The number of carbonyl (C=O) groups is 2. The van der Waals surface area contributed by atoms with Crippen molar-refractivity contribution in [2.45, 2.75) is 64.1 Å². The fourth-order valence-corrected chi connectivity index (χ4v) is 5.30. The SMILES string of the molecule is CC(=O)C[C@H](C)[C@H]1CN(S(=O)(=O)c2ccc(F)cc2)c2cc(CC(=O)OC(C)(C)C)ccc2O1. The quantitative estimate of drug-likeness (QED) is 0.537. The van der Waals surface area contributed by atoms with Gasteiger partial charge in [0.1, 0.15) is 29.1 Å². The molecular formula is C25H30FNO6S. The first kappa shape index (κ1) is 25.7. The fourth-order valence-electron chi connectivity index (χ4n) is 3.82. The molecule has 2 atom stereocenters.